The zero-order valence-corrected chi connectivity index (χ0v) is 12.9. The summed E-state index contributed by atoms with van der Waals surface area (Å²) in [5.74, 6) is -1.16. The number of carbonyl (C=O) groups excluding carboxylic acids is 2. The lowest BCUT2D eigenvalue weighted by atomic mass is 10.4. The number of hydrogen-bond acceptors (Lipinski definition) is 8. The average Bonchev–Trinajstić information content (AvgIpc) is 2.32. The first-order valence-corrected chi connectivity index (χ1v) is 7.49. The third-order valence-electron chi connectivity index (χ3n) is 1.68. The van der Waals surface area contributed by atoms with Crippen molar-refractivity contribution in [1.82, 2.24) is 0 Å². The minimum atomic E-state index is -3.72. The van der Waals surface area contributed by atoms with E-state index in [0.717, 1.165) is 0 Å². The Bertz CT molecular complexity index is 346. The molecule has 0 atom stereocenters. The molecule has 9 heteroatoms. The van der Waals surface area contributed by atoms with Gasteiger partial charge in [0, 0.05) is 13.8 Å². The van der Waals surface area contributed by atoms with Gasteiger partial charge >= 0.3 is 19.8 Å². The standard InChI is InChI=1S/C11H20O8P/c1-5-16-20(14,17-6-2)18-8-11(19-10(4)13)7-15-9(3)12/h5-8H2,1-4H3. The molecule has 20 heavy (non-hydrogen) atoms. The Balaban J connectivity index is 4.50. The van der Waals surface area contributed by atoms with Crippen LogP contribution in [-0.2, 0) is 37.2 Å². The van der Waals surface area contributed by atoms with Crippen LogP contribution < -0.4 is 0 Å². The van der Waals surface area contributed by atoms with Crippen LogP contribution >= 0.6 is 7.82 Å². The van der Waals surface area contributed by atoms with Crippen LogP contribution in [0.2, 0.25) is 0 Å². The number of phosphoric ester groups is 1. The highest BCUT2D eigenvalue weighted by molar-refractivity contribution is 7.48. The highest BCUT2D eigenvalue weighted by Crippen LogP contribution is 2.49. The van der Waals surface area contributed by atoms with Crippen molar-refractivity contribution >= 4 is 19.8 Å². The SMILES string of the molecule is CCOP(=O)(OCC)OC[C](COC(C)=O)OC(C)=O. The maximum atomic E-state index is 12.0. The number of carbonyl (C=O) groups is 2. The third-order valence-corrected chi connectivity index (χ3v) is 3.28. The molecule has 8 nitrogen and oxygen atoms in total. The van der Waals surface area contributed by atoms with E-state index in [0.29, 0.717) is 0 Å². The minimum absolute atomic E-state index is 0.00710. The number of hydrogen-bond donors (Lipinski definition) is 0. The molecule has 0 fully saturated rings. The van der Waals surface area contributed by atoms with Crippen molar-refractivity contribution in [3.63, 3.8) is 0 Å². The smallest absolute Gasteiger partial charge is 0.461 e. The molecular weight excluding hydrogens is 291 g/mol. The number of phosphoric acid groups is 1. The van der Waals surface area contributed by atoms with Gasteiger partial charge in [-0.2, -0.15) is 0 Å². The van der Waals surface area contributed by atoms with E-state index in [2.05, 4.69) is 4.74 Å². The van der Waals surface area contributed by atoms with Gasteiger partial charge < -0.3 is 9.47 Å². The molecule has 0 N–H and O–H groups in total. The lowest BCUT2D eigenvalue weighted by molar-refractivity contribution is -0.149. The zero-order chi connectivity index (χ0) is 15.6. The first-order chi connectivity index (χ1) is 9.33. The second kappa shape index (κ2) is 9.88. The van der Waals surface area contributed by atoms with Crippen LogP contribution in [0.1, 0.15) is 27.7 Å². The Hall–Kier alpha value is -0.950. The van der Waals surface area contributed by atoms with Crippen molar-refractivity contribution in [2.45, 2.75) is 27.7 Å². The van der Waals surface area contributed by atoms with Crippen molar-refractivity contribution in [1.29, 1.82) is 0 Å². The summed E-state index contributed by atoms with van der Waals surface area (Å²) in [4.78, 5) is 21.6. The van der Waals surface area contributed by atoms with Crippen LogP contribution in [0.3, 0.4) is 0 Å². The summed E-state index contributed by atoms with van der Waals surface area (Å²) < 4.78 is 36.3. The van der Waals surface area contributed by atoms with E-state index in [1.807, 2.05) is 0 Å². The lowest BCUT2D eigenvalue weighted by Crippen LogP contribution is -2.21. The van der Waals surface area contributed by atoms with Crippen molar-refractivity contribution in [3.05, 3.63) is 6.10 Å². The van der Waals surface area contributed by atoms with Crippen LogP contribution in [-0.4, -0.2) is 38.4 Å². The molecule has 117 valence electrons. The van der Waals surface area contributed by atoms with Gasteiger partial charge in [-0.05, 0) is 13.8 Å². The van der Waals surface area contributed by atoms with Crippen LogP contribution in [0.5, 0.6) is 0 Å². The maximum Gasteiger partial charge on any atom is 0.474 e. The van der Waals surface area contributed by atoms with Crippen molar-refractivity contribution in [2.75, 3.05) is 26.4 Å². The van der Waals surface area contributed by atoms with Gasteiger partial charge in [0.05, 0.1) is 13.2 Å². The summed E-state index contributed by atoms with van der Waals surface area (Å²) in [7, 11) is -3.72. The normalized spacial score (nSPS) is 11.4. The second-order valence-electron chi connectivity index (χ2n) is 3.47. The Morgan fingerprint density at radius 3 is 1.85 bits per heavy atom. The highest BCUT2D eigenvalue weighted by atomic mass is 31.2. The monoisotopic (exact) mass is 311 g/mol. The molecule has 0 aliphatic rings. The summed E-state index contributed by atoms with van der Waals surface area (Å²) in [5, 5.41) is 0. The van der Waals surface area contributed by atoms with Gasteiger partial charge in [-0.1, -0.05) is 0 Å². The largest absolute Gasteiger partial charge is 0.474 e. The average molecular weight is 311 g/mol. The number of ether oxygens (including phenoxy) is 2. The molecule has 1 radical (unpaired) electrons. The quantitative estimate of drug-likeness (QED) is 0.445. The topological polar surface area (TPSA) is 97.4 Å². The van der Waals surface area contributed by atoms with Crippen LogP contribution in [0.25, 0.3) is 0 Å². The molecule has 0 aromatic rings. The molecular formula is C11H20O8P. The molecule has 0 spiro atoms. The van der Waals surface area contributed by atoms with Gasteiger partial charge in [0.2, 0.25) is 6.10 Å². The van der Waals surface area contributed by atoms with Crippen molar-refractivity contribution < 1.29 is 37.2 Å². The molecule has 0 bridgehead atoms. The van der Waals surface area contributed by atoms with Crippen molar-refractivity contribution in [2.24, 2.45) is 0 Å². The van der Waals surface area contributed by atoms with Crippen LogP contribution in [0, 0.1) is 6.10 Å². The first-order valence-electron chi connectivity index (χ1n) is 6.03. The van der Waals surface area contributed by atoms with Gasteiger partial charge in [0.25, 0.3) is 0 Å². The molecule has 0 heterocycles. The predicted molar refractivity (Wildman–Crippen MR) is 68.5 cm³/mol. The maximum absolute atomic E-state index is 12.0. The summed E-state index contributed by atoms with van der Waals surface area (Å²) >= 11 is 0. The van der Waals surface area contributed by atoms with Gasteiger partial charge in [-0.3, -0.25) is 23.2 Å². The van der Waals surface area contributed by atoms with E-state index < -0.39 is 19.8 Å². The zero-order valence-electron chi connectivity index (χ0n) is 12.0. The Morgan fingerprint density at radius 2 is 1.45 bits per heavy atom. The fourth-order valence-corrected chi connectivity index (χ4v) is 2.22. The molecule has 0 aliphatic heterocycles. The van der Waals surface area contributed by atoms with Gasteiger partial charge in [-0.25, -0.2) is 4.57 Å². The predicted octanol–water partition coefficient (Wildman–Crippen LogP) is 1.84. The molecule has 0 aromatic heterocycles. The lowest BCUT2D eigenvalue weighted by Gasteiger charge is -2.19. The summed E-state index contributed by atoms with van der Waals surface area (Å²) in [5.41, 5.74) is 0. The summed E-state index contributed by atoms with van der Waals surface area (Å²) in [6.45, 7) is 5.26. The summed E-state index contributed by atoms with van der Waals surface area (Å²) in [6.07, 6.45) is -0.00710. The summed E-state index contributed by atoms with van der Waals surface area (Å²) in [6, 6.07) is 0. The fraction of sp³-hybridized carbons (Fsp3) is 0.727. The fourth-order valence-electron chi connectivity index (χ4n) is 1.07. The van der Waals surface area contributed by atoms with Gasteiger partial charge in [-0.15, -0.1) is 0 Å². The molecule has 0 saturated carbocycles. The molecule has 0 aromatic carbocycles. The van der Waals surface area contributed by atoms with Crippen molar-refractivity contribution in [3.8, 4) is 0 Å². The van der Waals surface area contributed by atoms with E-state index >= 15 is 0 Å². The molecule has 0 amide bonds. The second-order valence-corrected chi connectivity index (χ2v) is 5.14. The van der Waals surface area contributed by atoms with E-state index in [-0.39, 0.29) is 32.5 Å². The van der Waals surface area contributed by atoms with E-state index in [1.54, 1.807) is 13.8 Å². The van der Waals surface area contributed by atoms with E-state index in [9.17, 15) is 14.2 Å². The molecule has 0 aliphatic carbocycles. The Kier molecular flexibility index (Phi) is 9.41. The Labute approximate surface area is 118 Å². The van der Waals surface area contributed by atoms with E-state index in [4.69, 9.17) is 18.3 Å². The number of esters is 2. The molecule has 0 saturated heterocycles. The molecule has 0 unspecified atom stereocenters. The third kappa shape index (κ3) is 9.03. The Morgan fingerprint density at radius 1 is 0.900 bits per heavy atom. The van der Waals surface area contributed by atoms with Crippen LogP contribution in [0.4, 0.5) is 0 Å². The van der Waals surface area contributed by atoms with Gasteiger partial charge in [0.15, 0.2) is 0 Å². The first kappa shape index (κ1) is 19.1. The minimum Gasteiger partial charge on any atom is -0.461 e. The number of rotatable bonds is 10. The van der Waals surface area contributed by atoms with Crippen LogP contribution in [0.15, 0.2) is 0 Å². The van der Waals surface area contributed by atoms with E-state index in [1.165, 1.54) is 13.8 Å². The highest BCUT2D eigenvalue weighted by Gasteiger charge is 2.29. The van der Waals surface area contributed by atoms with Gasteiger partial charge in [0.1, 0.15) is 13.2 Å². The molecule has 0 rings (SSSR count).